The van der Waals surface area contributed by atoms with Crippen LogP contribution in [0.2, 0.25) is 0 Å². The molecule has 1 fully saturated rings. The third-order valence-corrected chi connectivity index (χ3v) is 3.07. The van der Waals surface area contributed by atoms with Crippen molar-refractivity contribution >= 4 is 5.91 Å². The molecule has 0 spiro atoms. The average Bonchev–Trinajstić information content (AvgIpc) is 2.30. The molecular formula is C12H25N3O. The Hall–Kier alpha value is -0.610. The highest BCUT2D eigenvalue weighted by atomic mass is 16.2. The van der Waals surface area contributed by atoms with Crippen LogP contribution in [0.15, 0.2) is 0 Å². The Morgan fingerprint density at radius 2 is 2.00 bits per heavy atom. The molecule has 1 amide bonds. The van der Waals surface area contributed by atoms with Crippen molar-refractivity contribution in [3.05, 3.63) is 0 Å². The highest BCUT2D eigenvalue weighted by Gasteiger charge is 2.12. The summed E-state index contributed by atoms with van der Waals surface area (Å²) in [6.45, 7) is 8.97. The zero-order valence-electron chi connectivity index (χ0n) is 10.6. The Labute approximate surface area is 98.8 Å². The molecule has 94 valence electrons. The van der Waals surface area contributed by atoms with Gasteiger partial charge in [-0.05, 0) is 39.8 Å². The third kappa shape index (κ3) is 4.94. The summed E-state index contributed by atoms with van der Waals surface area (Å²) in [6.07, 6.45) is 4.02. The maximum atomic E-state index is 11.4. The summed E-state index contributed by atoms with van der Waals surface area (Å²) in [5.74, 6) is 0.0983. The molecule has 1 rings (SSSR count). The van der Waals surface area contributed by atoms with Gasteiger partial charge >= 0.3 is 0 Å². The van der Waals surface area contributed by atoms with E-state index in [4.69, 9.17) is 0 Å². The fraction of sp³-hybridized carbons (Fsp3) is 0.917. The van der Waals surface area contributed by atoms with Crippen LogP contribution in [0.3, 0.4) is 0 Å². The van der Waals surface area contributed by atoms with Gasteiger partial charge in [-0.25, -0.2) is 0 Å². The number of nitrogens with zero attached hydrogens (tertiary/aromatic N) is 1. The van der Waals surface area contributed by atoms with Gasteiger partial charge in [0.05, 0.1) is 6.04 Å². The van der Waals surface area contributed by atoms with Gasteiger partial charge in [0.1, 0.15) is 0 Å². The number of likely N-dealkylation sites (N-methyl/N-ethyl adjacent to an activating group) is 1. The Morgan fingerprint density at radius 1 is 1.31 bits per heavy atom. The number of piperidine rings is 1. The van der Waals surface area contributed by atoms with Crippen LogP contribution >= 0.6 is 0 Å². The number of hydrogen-bond donors (Lipinski definition) is 2. The van der Waals surface area contributed by atoms with Crippen LogP contribution in [0, 0.1) is 0 Å². The van der Waals surface area contributed by atoms with E-state index in [2.05, 4.69) is 15.5 Å². The fourth-order valence-corrected chi connectivity index (χ4v) is 2.04. The maximum absolute atomic E-state index is 11.4. The van der Waals surface area contributed by atoms with Crippen molar-refractivity contribution in [2.75, 3.05) is 32.7 Å². The molecule has 1 atom stereocenters. The molecule has 4 heteroatoms. The number of likely N-dealkylation sites (tertiary alicyclic amines) is 1. The molecule has 0 aliphatic carbocycles. The van der Waals surface area contributed by atoms with Crippen molar-refractivity contribution in [2.45, 2.75) is 39.2 Å². The average molecular weight is 227 g/mol. The number of carbonyl (C=O) groups excluding carboxylic acids is 1. The molecule has 0 aromatic carbocycles. The Bertz CT molecular complexity index is 202. The summed E-state index contributed by atoms with van der Waals surface area (Å²) in [7, 11) is 0. The normalized spacial score (nSPS) is 19.4. The summed E-state index contributed by atoms with van der Waals surface area (Å²) >= 11 is 0. The van der Waals surface area contributed by atoms with E-state index in [1.54, 1.807) is 0 Å². The third-order valence-electron chi connectivity index (χ3n) is 3.07. The van der Waals surface area contributed by atoms with E-state index in [0.29, 0.717) is 6.54 Å². The predicted octanol–water partition coefficient (Wildman–Crippen LogP) is 0.587. The molecular weight excluding hydrogens is 202 g/mol. The van der Waals surface area contributed by atoms with E-state index in [-0.39, 0.29) is 11.9 Å². The van der Waals surface area contributed by atoms with Gasteiger partial charge in [0, 0.05) is 19.6 Å². The number of hydrogen-bond acceptors (Lipinski definition) is 3. The first-order chi connectivity index (χ1) is 7.74. The van der Waals surface area contributed by atoms with E-state index in [1.165, 1.54) is 32.4 Å². The highest BCUT2D eigenvalue weighted by molar-refractivity contribution is 5.81. The lowest BCUT2D eigenvalue weighted by molar-refractivity contribution is -0.122. The van der Waals surface area contributed by atoms with Crippen LogP contribution in [0.5, 0.6) is 0 Å². The monoisotopic (exact) mass is 227 g/mol. The number of rotatable bonds is 6. The number of carbonyl (C=O) groups is 1. The van der Waals surface area contributed by atoms with E-state index in [1.807, 2.05) is 13.8 Å². The first-order valence-electron chi connectivity index (χ1n) is 6.47. The van der Waals surface area contributed by atoms with Gasteiger partial charge in [-0.2, -0.15) is 0 Å². The van der Waals surface area contributed by atoms with E-state index < -0.39 is 0 Å². The largest absolute Gasteiger partial charge is 0.355 e. The van der Waals surface area contributed by atoms with Gasteiger partial charge in [0.25, 0.3) is 0 Å². The SMILES string of the molecule is CCNC(=O)C(C)NCCN1CCCCC1. The van der Waals surface area contributed by atoms with Crippen LogP contribution in [-0.2, 0) is 4.79 Å². The van der Waals surface area contributed by atoms with Crippen molar-refractivity contribution in [3.8, 4) is 0 Å². The van der Waals surface area contributed by atoms with Crippen molar-refractivity contribution < 1.29 is 4.79 Å². The molecule has 4 nitrogen and oxygen atoms in total. The smallest absolute Gasteiger partial charge is 0.236 e. The lowest BCUT2D eigenvalue weighted by atomic mass is 10.1. The zero-order chi connectivity index (χ0) is 11.8. The molecule has 0 aromatic heterocycles. The molecule has 0 bridgehead atoms. The Morgan fingerprint density at radius 3 is 2.62 bits per heavy atom. The second kappa shape index (κ2) is 7.63. The van der Waals surface area contributed by atoms with E-state index in [0.717, 1.165) is 13.1 Å². The van der Waals surface area contributed by atoms with Crippen LogP contribution in [0.25, 0.3) is 0 Å². The minimum atomic E-state index is -0.0789. The lowest BCUT2D eigenvalue weighted by Crippen LogP contribution is -2.45. The predicted molar refractivity (Wildman–Crippen MR) is 66.4 cm³/mol. The second-order valence-electron chi connectivity index (χ2n) is 4.47. The summed E-state index contributed by atoms with van der Waals surface area (Å²) in [6, 6.07) is -0.0789. The standard InChI is InChI=1S/C12H25N3O/c1-3-13-12(16)11(2)14-7-10-15-8-5-4-6-9-15/h11,14H,3-10H2,1-2H3,(H,13,16). The second-order valence-corrected chi connectivity index (χ2v) is 4.47. The summed E-state index contributed by atoms with van der Waals surface area (Å²) in [4.78, 5) is 13.9. The van der Waals surface area contributed by atoms with Crippen molar-refractivity contribution in [1.82, 2.24) is 15.5 Å². The van der Waals surface area contributed by atoms with Gasteiger partial charge in [0.2, 0.25) is 5.91 Å². The molecule has 1 heterocycles. The number of amides is 1. The van der Waals surface area contributed by atoms with E-state index >= 15 is 0 Å². The lowest BCUT2D eigenvalue weighted by Gasteiger charge is -2.26. The van der Waals surface area contributed by atoms with Crippen LogP contribution in [0.4, 0.5) is 0 Å². The molecule has 16 heavy (non-hydrogen) atoms. The molecule has 1 unspecified atom stereocenters. The summed E-state index contributed by atoms with van der Waals surface area (Å²) in [5.41, 5.74) is 0. The first-order valence-corrected chi connectivity index (χ1v) is 6.47. The molecule has 0 aromatic rings. The number of nitrogens with one attached hydrogen (secondary N) is 2. The van der Waals surface area contributed by atoms with Crippen molar-refractivity contribution in [3.63, 3.8) is 0 Å². The maximum Gasteiger partial charge on any atom is 0.236 e. The van der Waals surface area contributed by atoms with Crippen molar-refractivity contribution in [2.24, 2.45) is 0 Å². The molecule has 2 N–H and O–H groups in total. The zero-order valence-corrected chi connectivity index (χ0v) is 10.6. The Kier molecular flexibility index (Phi) is 6.42. The van der Waals surface area contributed by atoms with Gasteiger partial charge in [-0.3, -0.25) is 4.79 Å². The van der Waals surface area contributed by atoms with Crippen molar-refractivity contribution in [1.29, 1.82) is 0 Å². The van der Waals surface area contributed by atoms with Crippen LogP contribution in [-0.4, -0.2) is 49.6 Å². The Balaban J connectivity index is 2.07. The molecule has 1 aliphatic rings. The van der Waals surface area contributed by atoms with Gasteiger partial charge in [-0.15, -0.1) is 0 Å². The van der Waals surface area contributed by atoms with Gasteiger partial charge in [-0.1, -0.05) is 6.42 Å². The quantitative estimate of drug-likeness (QED) is 0.698. The highest BCUT2D eigenvalue weighted by Crippen LogP contribution is 2.07. The molecule has 1 aliphatic heterocycles. The van der Waals surface area contributed by atoms with Gasteiger partial charge < -0.3 is 15.5 Å². The molecule has 1 saturated heterocycles. The van der Waals surface area contributed by atoms with E-state index in [9.17, 15) is 4.79 Å². The first kappa shape index (κ1) is 13.5. The topological polar surface area (TPSA) is 44.4 Å². The molecule has 0 saturated carbocycles. The minimum absolute atomic E-state index is 0.0789. The van der Waals surface area contributed by atoms with Crippen LogP contribution < -0.4 is 10.6 Å². The molecule has 0 radical (unpaired) electrons. The van der Waals surface area contributed by atoms with Crippen LogP contribution in [0.1, 0.15) is 33.1 Å². The fourth-order valence-electron chi connectivity index (χ4n) is 2.04. The summed E-state index contributed by atoms with van der Waals surface area (Å²) < 4.78 is 0. The minimum Gasteiger partial charge on any atom is -0.355 e. The summed E-state index contributed by atoms with van der Waals surface area (Å²) in [5, 5.41) is 6.08. The van der Waals surface area contributed by atoms with Gasteiger partial charge in [0.15, 0.2) is 0 Å².